The van der Waals surface area contributed by atoms with Crippen molar-refractivity contribution in [2.24, 2.45) is 5.92 Å². The minimum absolute atomic E-state index is 0.151. The summed E-state index contributed by atoms with van der Waals surface area (Å²) < 4.78 is 10.2. The van der Waals surface area contributed by atoms with Crippen molar-refractivity contribution in [3.63, 3.8) is 0 Å². The summed E-state index contributed by atoms with van der Waals surface area (Å²) in [6.45, 7) is 6.41. The number of carbonyl (C=O) groups is 2. The number of aliphatic hydroxyl groups excluding tert-OH is 2. The number of esters is 2. The first-order valence-corrected chi connectivity index (χ1v) is 18.3. The van der Waals surface area contributed by atoms with Gasteiger partial charge in [-0.25, -0.2) is 0 Å². The highest BCUT2D eigenvalue weighted by atomic mass is 16.6. The van der Waals surface area contributed by atoms with Gasteiger partial charge in [0.2, 0.25) is 0 Å². The number of allylic oxidation sites excluding steroid dienone is 8. The van der Waals surface area contributed by atoms with E-state index in [1.807, 2.05) is 36.5 Å². The summed E-state index contributed by atoms with van der Waals surface area (Å²) in [5.74, 6) is 0.197. The van der Waals surface area contributed by atoms with E-state index >= 15 is 0 Å². The van der Waals surface area contributed by atoms with Crippen LogP contribution in [0.2, 0.25) is 0 Å². The standard InChI is InChI=1S/C40H68O6/c1-4-6-7-8-20-25-30-37(41)31-26-21-16-13-14-18-23-28-33-40(44)46-35-38(42)34-45-39(43)32-27-22-17-12-10-9-11-15-19-24-29-36(3)5-2/h6-7,14,16,18,20-21,25-26,31,36-38,41-42H,4-5,8-13,15,17,19,22-24,27-30,32-35H2,1-3H3/b7-6-,18-14-,21-16-,25-20-,31-26+/t36?,37?,38-/m1/s1. The van der Waals surface area contributed by atoms with Crippen LogP contribution in [0.5, 0.6) is 0 Å². The first-order chi connectivity index (χ1) is 22.4. The van der Waals surface area contributed by atoms with E-state index in [0.717, 1.165) is 50.9 Å². The topological polar surface area (TPSA) is 93.1 Å². The molecule has 0 radical (unpaired) electrons. The smallest absolute Gasteiger partial charge is 0.305 e. The quantitative estimate of drug-likeness (QED) is 0.0338. The molecule has 0 aromatic carbocycles. The van der Waals surface area contributed by atoms with Crippen LogP contribution in [0.4, 0.5) is 0 Å². The molecule has 0 amide bonds. The van der Waals surface area contributed by atoms with Gasteiger partial charge in [-0.2, -0.15) is 0 Å². The van der Waals surface area contributed by atoms with E-state index in [4.69, 9.17) is 9.47 Å². The second kappa shape index (κ2) is 33.9. The molecule has 0 fully saturated rings. The van der Waals surface area contributed by atoms with Gasteiger partial charge >= 0.3 is 11.9 Å². The zero-order chi connectivity index (χ0) is 33.9. The van der Waals surface area contributed by atoms with Crippen LogP contribution in [0.3, 0.4) is 0 Å². The highest BCUT2D eigenvalue weighted by Crippen LogP contribution is 2.15. The summed E-state index contributed by atoms with van der Waals surface area (Å²) >= 11 is 0. The molecular formula is C40H68O6. The van der Waals surface area contributed by atoms with Gasteiger partial charge in [0, 0.05) is 12.8 Å². The first kappa shape index (κ1) is 43.6. The van der Waals surface area contributed by atoms with Crippen LogP contribution in [0.1, 0.15) is 149 Å². The Morgan fingerprint density at radius 1 is 0.630 bits per heavy atom. The number of hydrogen-bond acceptors (Lipinski definition) is 6. The lowest BCUT2D eigenvalue weighted by Crippen LogP contribution is -2.25. The molecule has 2 unspecified atom stereocenters. The molecule has 0 heterocycles. The fraction of sp³-hybridized carbons (Fsp3) is 0.700. The SMILES string of the molecule is CC/C=C\C/C=C\CC(O)/C=C/C=C\C/C=C\CCCC(=O)OC[C@H](O)COC(=O)CCCCCCCCCCCCC(C)CC. The average Bonchev–Trinajstić information content (AvgIpc) is 3.05. The van der Waals surface area contributed by atoms with E-state index in [9.17, 15) is 19.8 Å². The van der Waals surface area contributed by atoms with E-state index in [2.05, 4.69) is 39.0 Å². The molecule has 0 aliphatic rings. The molecular weight excluding hydrogens is 576 g/mol. The molecule has 6 nitrogen and oxygen atoms in total. The first-order valence-electron chi connectivity index (χ1n) is 18.3. The molecule has 3 atom stereocenters. The third-order valence-electron chi connectivity index (χ3n) is 7.89. The van der Waals surface area contributed by atoms with Crippen molar-refractivity contribution in [1.29, 1.82) is 0 Å². The lowest BCUT2D eigenvalue weighted by molar-refractivity contribution is -0.152. The molecule has 0 aromatic heterocycles. The number of carbonyl (C=O) groups excluding carboxylic acids is 2. The molecule has 0 saturated heterocycles. The summed E-state index contributed by atoms with van der Waals surface area (Å²) in [5, 5.41) is 19.9. The van der Waals surface area contributed by atoms with Crippen molar-refractivity contribution in [2.75, 3.05) is 13.2 Å². The maximum Gasteiger partial charge on any atom is 0.305 e. The molecule has 0 aliphatic carbocycles. The van der Waals surface area contributed by atoms with Gasteiger partial charge in [-0.3, -0.25) is 9.59 Å². The lowest BCUT2D eigenvalue weighted by Gasteiger charge is -2.12. The highest BCUT2D eigenvalue weighted by molar-refractivity contribution is 5.69. The largest absolute Gasteiger partial charge is 0.463 e. The van der Waals surface area contributed by atoms with Crippen LogP contribution in [0, 0.1) is 5.92 Å². The van der Waals surface area contributed by atoms with E-state index in [0.29, 0.717) is 19.3 Å². The second-order valence-corrected chi connectivity index (χ2v) is 12.4. The zero-order valence-electron chi connectivity index (χ0n) is 29.6. The third-order valence-corrected chi connectivity index (χ3v) is 7.89. The summed E-state index contributed by atoms with van der Waals surface area (Å²) in [5.41, 5.74) is 0. The van der Waals surface area contributed by atoms with Gasteiger partial charge in [-0.1, -0.05) is 152 Å². The van der Waals surface area contributed by atoms with Gasteiger partial charge in [0.25, 0.3) is 0 Å². The maximum absolute atomic E-state index is 11.9. The van der Waals surface area contributed by atoms with Gasteiger partial charge in [-0.15, -0.1) is 0 Å². The number of aliphatic hydroxyl groups is 2. The average molecular weight is 645 g/mol. The molecule has 46 heavy (non-hydrogen) atoms. The van der Waals surface area contributed by atoms with Crippen LogP contribution in [-0.4, -0.2) is 47.6 Å². The third kappa shape index (κ3) is 32.9. The summed E-state index contributed by atoms with van der Waals surface area (Å²) in [6.07, 6.45) is 38.7. The molecule has 6 heteroatoms. The fourth-order valence-corrected chi connectivity index (χ4v) is 4.71. The minimum Gasteiger partial charge on any atom is -0.463 e. The predicted octanol–water partition coefficient (Wildman–Crippen LogP) is 10.1. The van der Waals surface area contributed by atoms with Crippen LogP contribution in [-0.2, 0) is 19.1 Å². The number of unbranched alkanes of at least 4 members (excludes halogenated alkanes) is 10. The minimum atomic E-state index is -1.01. The maximum atomic E-state index is 11.9. The molecule has 0 aliphatic heterocycles. The summed E-state index contributed by atoms with van der Waals surface area (Å²) in [7, 11) is 0. The molecule has 264 valence electrons. The Balaban J connectivity index is 3.64. The molecule has 0 saturated carbocycles. The van der Waals surface area contributed by atoms with Crippen molar-refractivity contribution in [1.82, 2.24) is 0 Å². The highest BCUT2D eigenvalue weighted by Gasteiger charge is 2.12. The van der Waals surface area contributed by atoms with Crippen LogP contribution in [0.15, 0.2) is 60.8 Å². The van der Waals surface area contributed by atoms with E-state index < -0.39 is 12.2 Å². The second-order valence-electron chi connectivity index (χ2n) is 12.4. The Hall–Kier alpha value is -2.44. The fourth-order valence-electron chi connectivity index (χ4n) is 4.71. The van der Waals surface area contributed by atoms with Gasteiger partial charge in [-0.05, 0) is 50.9 Å². The molecule has 0 aromatic rings. The Morgan fingerprint density at radius 2 is 1.17 bits per heavy atom. The van der Waals surface area contributed by atoms with Crippen molar-refractivity contribution in [3.8, 4) is 0 Å². The van der Waals surface area contributed by atoms with Gasteiger partial charge in [0.1, 0.15) is 19.3 Å². The molecule has 0 bridgehead atoms. The Bertz CT molecular complexity index is 856. The normalized spacial score (nSPS) is 14.3. The van der Waals surface area contributed by atoms with Gasteiger partial charge in [0.05, 0.1) is 6.10 Å². The van der Waals surface area contributed by atoms with E-state index in [1.165, 1.54) is 57.8 Å². The van der Waals surface area contributed by atoms with Crippen LogP contribution >= 0.6 is 0 Å². The van der Waals surface area contributed by atoms with Crippen molar-refractivity contribution >= 4 is 11.9 Å². The van der Waals surface area contributed by atoms with Crippen molar-refractivity contribution in [2.45, 2.75) is 161 Å². The molecule has 0 rings (SSSR count). The Kier molecular flexibility index (Phi) is 32.1. The Labute approximate surface area is 282 Å². The van der Waals surface area contributed by atoms with Crippen molar-refractivity contribution < 1.29 is 29.3 Å². The number of hydrogen-bond donors (Lipinski definition) is 2. The molecule has 0 spiro atoms. The van der Waals surface area contributed by atoms with E-state index in [1.54, 1.807) is 6.08 Å². The van der Waals surface area contributed by atoms with Crippen LogP contribution in [0.25, 0.3) is 0 Å². The summed E-state index contributed by atoms with van der Waals surface area (Å²) in [4.78, 5) is 23.9. The van der Waals surface area contributed by atoms with Crippen LogP contribution < -0.4 is 0 Å². The monoisotopic (exact) mass is 645 g/mol. The van der Waals surface area contributed by atoms with Crippen molar-refractivity contribution in [3.05, 3.63) is 60.8 Å². The number of ether oxygens (including phenoxy) is 2. The van der Waals surface area contributed by atoms with Gasteiger partial charge in [0.15, 0.2) is 0 Å². The lowest BCUT2D eigenvalue weighted by atomic mass is 9.99. The number of rotatable bonds is 31. The zero-order valence-corrected chi connectivity index (χ0v) is 29.6. The molecule has 2 N–H and O–H groups in total. The summed E-state index contributed by atoms with van der Waals surface area (Å²) in [6, 6.07) is 0. The van der Waals surface area contributed by atoms with Gasteiger partial charge < -0.3 is 19.7 Å². The predicted molar refractivity (Wildman–Crippen MR) is 192 cm³/mol. The Morgan fingerprint density at radius 3 is 1.80 bits per heavy atom. The van der Waals surface area contributed by atoms with E-state index in [-0.39, 0.29) is 31.6 Å².